The van der Waals surface area contributed by atoms with Crippen molar-refractivity contribution in [2.45, 2.75) is 53.4 Å². The van der Waals surface area contributed by atoms with Gasteiger partial charge in [-0.3, -0.25) is 0 Å². The molecular weight excluding hydrogens is 354 g/mol. The second-order valence-corrected chi connectivity index (χ2v) is 8.26. The Labute approximate surface area is 141 Å². The Kier molecular flexibility index (Phi) is 8.85. The smallest absolute Gasteiger partial charge is 1.00 e. The topological polar surface area (TPSA) is 0 Å². The van der Waals surface area contributed by atoms with Crippen molar-refractivity contribution < 1.29 is 48.0 Å². The zero-order chi connectivity index (χ0) is 12.4. The van der Waals surface area contributed by atoms with Gasteiger partial charge in [0.25, 0.3) is 0 Å². The molecule has 3 heteroatoms. The molecule has 0 aliphatic heterocycles. The van der Waals surface area contributed by atoms with Crippen LogP contribution in [0.25, 0.3) is 0 Å². The van der Waals surface area contributed by atoms with E-state index in [0.717, 1.165) is 0 Å². The second-order valence-electron chi connectivity index (χ2n) is 4.99. The summed E-state index contributed by atoms with van der Waals surface area (Å²) in [7, 11) is 0. The SMILES string of the molecule is CCC1=C(C)CC=[C]1[Zr+2][C]1=CCC(C)=C1CC.[Cl-].[Cl-]. The molecule has 0 N–H and O–H groups in total. The van der Waals surface area contributed by atoms with Crippen LogP contribution in [0.2, 0.25) is 0 Å². The molecular formula is C16H22Cl2Zr. The molecule has 0 heterocycles. The first-order chi connectivity index (χ1) is 8.17. The Bertz CT molecular complexity index is 411. The molecule has 104 valence electrons. The molecule has 19 heavy (non-hydrogen) atoms. The van der Waals surface area contributed by atoms with Gasteiger partial charge < -0.3 is 24.8 Å². The monoisotopic (exact) mass is 374 g/mol. The minimum Gasteiger partial charge on any atom is -1.00 e. The van der Waals surface area contributed by atoms with Crippen molar-refractivity contribution in [1.82, 2.24) is 0 Å². The quantitative estimate of drug-likeness (QED) is 0.597. The summed E-state index contributed by atoms with van der Waals surface area (Å²) in [5.41, 5.74) is 6.64. The van der Waals surface area contributed by atoms with Crippen LogP contribution in [0.1, 0.15) is 53.4 Å². The van der Waals surface area contributed by atoms with Crippen molar-refractivity contribution in [3.8, 4) is 0 Å². The van der Waals surface area contributed by atoms with Gasteiger partial charge in [-0.15, -0.1) is 0 Å². The fraction of sp³-hybridized carbons (Fsp3) is 0.500. The van der Waals surface area contributed by atoms with Crippen LogP contribution in [0.15, 0.2) is 41.0 Å². The summed E-state index contributed by atoms with van der Waals surface area (Å²) in [5.74, 6) is 0. The van der Waals surface area contributed by atoms with Gasteiger partial charge in [-0.1, -0.05) is 0 Å². The third-order valence-corrected chi connectivity index (χ3v) is 7.69. The van der Waals surface area contributed by atoms with Crippen LogP contribution in [0, 0.1) is 0 Å². The first-order valence-electron chi connectivity index (χ1n) is 6.72. The van der Waals surface area contributed by atoms with Crippen molar-refractivity contribution in [1.29, 1.82) is 0 Å². The molecule has 0 radical (unpaired) electrons. The molecule has 0 spiro atoms. The van der Waals surface area contributed by atoms with Crippen molar-refractivity contribution in [2.75, 3.05) is 0 Å². The Hall–Kier alpha value is 0.423. The van der Waals surface area contributed by atoms with E-state index < -0.39 is 23.2 Å². The Balaban J connectivity index is 0.00000162. The second kappa shape index (κ2) is 8.65. The van der Waals surface area contributed by atoms with Crippen LogP contribution < -0.4 is 24.8 Å². The predicted octanol–water partition coefficient (Wildman–Crippen LogP) is -0.895. The van der Waals surface area contributed by atoms with E-state index in [2.05, 4.69) is 39.8 Å². The average Bonchev–Trinajstić information content (AvgIpc) is 2.83. The van der Waals surface area contributed by atoms with E-state index in [1.807, 2.05) is 0 Å². The molecule has 0 bridgehead atoms. The molecule has 2 aliphatic carbocycles. The molecule has 0 aromatic heterocycles. The van der Waals surface area contributed by atoms with Crippen molar-refractivity contribution in [2.24, 2.45) is 0 Å². The van der Waals surface area contributed by atoms with Crippen LogP contribution in [-0.2, 0) is 23.2 Å². The van der Waals surface area contributed by atoms with Crippen LogP contribution in [0.4, 0.5) is 0 Å². The van der Waals surface area contributed by atoms with Crippen molar-refractivity contribution >= 4 is 0 Å². The fourth-order valence-corrected chi connectivity index (χ4v) is 7.22. The molecule has 2 aliphatic rings. The van der Waals surface area contributed by atoms with Gasteiger partial charge in [0.2, 0.25) is 0 Å². The van der Waals surface area contributed by atoms with Gasteiger partial charge in [0, 0.05) is 0 Å². The summed E-state index contributed by atoms with van der Waals surface area (Å²) in [6, 6.07) is 0. The van der Waals surface area contributed by atoms with Crippen molar-refractivity contribution in [3.05, 3.63) is 41.0 Å². The summed E-state index contributed by atoms with van der Waals surface area (Å²) >= 11 is -0.518. The third kappa shape index (κ3) is 4.19. The average molecular weight is 376 g/mol. The van der Waals surface area contributed by atoms with E-state index in [-0.39, 0.29) is 24.8 Å². The minimum absolute atomic E-state index is 0. The van der Waals surface area contributed by atoms with Gasteiger partial charge in [-0.2, -0.15) is 0 Å². The largest absolute Gasteiger partial charge is 1.00 e. The molecule has 0 atom stereocenters. The van der Waals surface area contributed by atoms with Gasteiger partial charge in [0.1, 0.15) is 0 Å². The van der Waals surface area contributed by atoms with Crippen LogP contribution >= 0.6 is 0 Å². The Morgan fingerprint density at radius 2 is 1.21 bits per heavy atom. The summed E-state index contributed by atoms with van der Waals surface area (Å²) in [5, 5.41) is 0. The Morgan fingerprint density at radius 3 is 1.53 bits per heavy atom. The first kappa shape index (κ1) is 19.4. The fourth-order valence-electron chi connectivity index (χ4n) is 2.85. The Morgan fingerprint density at radius 1 is 0.842 bits per heavy atom. The van der Waals surface area contributed by atoms with E-state index in [1.165, 1.54) is 25.7 Å². The molecule has 0 amide bonds. The number of allylic oxidation sites excluding steroid dienone is 8. The van der Waals surface area contributed by atoms with Gasteiger partial charge in [0.15, 0.2) is 0 Å². The molecule has 2 rings (SSSR count). The number of hydrogen-bond acceptors (Lipinski definition) is 0. The zero-order valence-corrected chi connectivity index (χ0v) is 16.2. The van der Waals surface area contributed by atoms with E-state index in [4.69, 9.17) is 0 Å². The number of rotatable bonds is 4. The number of hydrogen-bond donors (Lipinski definition) is 0. The molecule has 0 aromatic rings. The van der Waals surface area contributed by atoms with Gasteiger partial charge in [0.05, 0.1) is 0 Å². The first-order valence-corrected chi connectivity index (χ1v) is 9.18. The van der Waals surface area contributed by atoms with E-state index in [9.17, 15) is 0 Å². The maximum absolute atomic E-state index is 2.52. The van der Waals surface area contributed by atoms with Crippen LogP contribution in [0.5, 0.6) is 0 Å². The molecule has 0 aromatic carbocycles. The van der Waals surface area contributed by atoms with Crippen LogP contribution in [-0.4, -0.2) is 0 Å². The maximum Gasteiger partial charge on any atom is -1.00 e. The molecule has 0 unspecified atom stereocenters. The van der Waals surface area contributed by atoms with Crippen LogP contribution in [0.3, 0.4) is 0 Å². The number of halogens is 2. The molecule has 0 fully saturated rings. The van der Waals surface area contributed by atoms with Gasteiger partial charge in [-0.05, 0) is 0 Å². The van der Waals surface area contributed by atoms with E-state index in [0.29, 0.717) is 0 Å². The summed E-state index contributed by atoms with van der Waals surface area (Å²) in [4.78, 5) is 0. The summed E-state index contributed by atoms with van der Waals surface area (Å²) in [6.45, 7) is 9.24. The van der Waals surface area contributed by atoms with Gasteiger partial charge in [-0.25, -0.2) is 0 Å². The van der Waals surface area contributed by atoms with E-state index in [1.54, 1.807) is 28.9 Å². The summed E-state index contributed by atoms with van der Waals surface area (Å²) in [6.07, 6.45) is 9.93. The minimum atomic E-state index is -0.518. The van der Waals surface area contributed by atoms with E-state index >= 15 is 0 Å². The summed E-state index contributed by atoms with van der Waals surface area (Å²) < 4.78 is 3.53. The van der Waals surface area contributed by atoms with Crippen molar-refractivity contribution in [3.63, 3.8) is 0 Å². The predicted molar refractivity (Wildman–Crippen MR) is 71.4 cm³/mol. The standard InChI is InChI=1S/2C8H11.2ClH.Zr/c2*1-3-8-6-4-5-7(8)2;;;/h2*4H,3,5H2,1-2H3;2*1H;/q;;;;+2/p-2. The van der Waals surface area contributed by atoms with Gasteiger partial charge >= 0.3 is 118 Å². The molecule has 0 nitrogen and oxygen atoms in total. The normalized spacial score (nSPS) is 17.7. The molecule has 0 saturated heterocycles. The zero-order valence-electron chi connectivity index (χ0n) is 12.2. The third-order valence-electron chi connectivity index (χ3n) is 3.88. The maximum atomic E-state index is 2.52. The molecule has 0 saturated carbocycles.